The van der Waals surface area contributed by atoms with Gasteiger partial charge in [-0.3, -0.25) is 9.59 Å². The molecule has 0 radical (unpaired) electrons. The van der Waals surface area contributed by atoms with E-state index in [1.54, 1.807) is 17.0 Å². The standard InChI is InChI=1S/C17H14BrN5O3/c18-10-7-11(16-12(8-10)20-22-21-16)17(25)19-5-6-23-13-3-1-2-4-14(13)26-9-15(23)24/h1-4,7-8H,5-6,9H2,(H,19,25)(H,20,21,22). The number of benzene rings is 2. The maximum Gasteiger partial charge on any atom is 0.265 e. The molecule has 0 saturated carbocycles. The molecule has 0 unspecified atom stereocenters. The number of aromatic nitrogens is 3. The van der Waals surface area contributed by atoms with Gasteiger partial charge in [0.2, 0.25) is 0 Å². The number of nitrogens with zero attached hydrogens (tertiary/aromatic N) is 3. The van der Waals surface area contributed by atoms with E-state index in [9.17, 15) is 9.59 Å². The number of hydrogen-bond acceptors (Lipinski definition) is 5. The highest BCUT2D eigenvalue weighted by Crippen LogP contribution is 2.31. The predicted octanol–water partition coefficient (Wildman–Crippen LogP) is 1.88. The molecule has 3 aromatic rings. The lowest BCUT2D eigenvalue weighted by molar-refractivity contribution is -0.121. The number of aromatic amines is 1. The maximum atomic E-state index is 12.5. The molecule has 8 nitrogen and oxygen atoms in total. The molecular formula is C17H14BrN5O3. The van der Waals surface area contributed by atoms with Crippen LogP contribution in [0.25, 0.3) is 11.0 Å². The van der Waals surface area contributed by atoms with Gasteiger partial charge in [-0.2, -0.15) is 15.4 Å². The minimum atomic E-state index is -0.279. The molecular weight excluding hydrogens is 402 g/mol. The van der Waals surface area contributed by atoms with E-state index in [4.69, 9.17) is 4.74 Å². The molecule has 1 aromatic heterocycles. The van der Waals surface area contributed by atoms with Gasteiger partial charge in [0.05, 0.1) is 11.3 Å². The first-order valence-electron chi connectivity index (χ1n) is 7.94. The molecule has 26 heavy (non-hydrogen) atoms. The zero-order valence-corrected chi connectivity index (χ0v) is 15.1. The Morgan fingerprint density at radius 1 is 1.31 bits per heavy atom. The fraction of sp³-hybridized carbons (Fsp3) is 0.176. The number of rotatable bonds is 4. The number of nitrogens with one attached hydrogen (secondary N) is 2. The number of fused-ring (bicyclic) bond motifs is 2. The number of carbonyl (C=O) groups excluding carboxylic acids is 2. The Balaban J connectivity index is 1.47. The van der Waals surface area contributed by atoms with Gasteiger partial charge in [0.25, 0.3) is 11.8 Å². The van der Waals surface area contributed by atoms with Crippen LogP contribution in [0, 0.1) is 0 Å². The van der Waals surface area contributed by atoms with Crippen LogP contribution in [0.15, 0.2) is 40.9 Å². The number of para-hydroxylation sites is 2. The summed E-state index contributed by atoms with van der Waals surface area (Å²) >= 11 is 3.36. The SMILES string of the molecule is O=C(NCCN1C(=O)COc2ccccc21)c1cc(Br)cc2n[nH]nc12. The van der Waals surface area contributed by atoms with E-state index < -0.39 is 0 Å². The molecule has 2 aromatic carbocycles. The number of amides is 2. The topological polar surface area (TPSA) is 100 Å². The number of H-pyrrole nitrogens is 1. The van der Waals surface area contributed by atoms with Crippen molar-refractivity contribution in [1.82, 2.24) is 20.7 Å². The molecule has 1 aliphatic heterocycles. The van der Waals surface area contributed by atoms with E-state index in [0.717, 1.165) is 4.47 Å². The van der Waals surface area contributed by atoms with Gasteiger partial charge in [0, 0.05) is 17.6 Å². The van der Waals surface area contributed by atoms with Crippen molar-refractivity contribution in [3.63, 3.8) is 0 Å². The molecule has 0 saturated heterocycles. The fourth-order valence-corrected chi connectivity index (χ4v) is 3.31. The molecule has 9 heteroatoms. The monoisotopic (exact) mass is 415 g/mol. The number of ether oxygens (including phenoxy) is 1. The van der Waals surface area contributed by atoms with Crippen LogP contribution in [0.1, 0.15) is 10.4 Å². The van der Waals surface area contributed by atoms with Crippen molar-refractivity contribution in [2.24, 2.45) is 0 Å². The second-order valence-electron chi connectivity index (χ2n) is 5.70. The van der Waals surface area contributed by atoms with E-state index in [-0.39, 0.29) is 18.4 Å². The third-order valence-electron chi connectivity index (χ3n) is 4.06. The van der Waals surface area contributed by atoms with Crippen LogP contribution in [0.5, 0.6) is 5.75 Å². The van der Waals surface area contributed by atoms with E-state index >= 15 is 0 Å². The molecule has 0 aliphatic carbocycles. The van der Waals surface area contributed by atoms with Crippen LogP contribution in [-0.4, -0.2) is 46.9 Å². The van der Waals surface area contributed by atoms with E-state index in [0.29, 0.717) is 41.1 Å². The summed E-state index contributed by atoms with van der Waals surface area (Å²) in [5.41, 5.74) is 2.22. The van der Waals surface area contributed by atoms with Gasteiger partial charge in [-0.25, -0.2) is 0 Å². The summed E-state index contributed by atoms with van der Waals surface area (Å²) in [4.78, 5) is 26.3. The van der Waals surface area contributed by atoms with Crippen molar-refractivity contribution >= 4 is 44.5 Å². The Morgan fingerprint density at radius 2 is 2.15 bits per heavy atom. The van der Waals surface area contributed by atoms with Crippen LogP contribution in [0.4, 0.5) is 5.69 Å². The second-order valence-corrected chi connectivity index (χ2v) is 6.62. The third kappa shape index (κ3) is 3.01. The van der Waals surface area contributed by atoms with Gasteiger partial charge >= 0.3 is 0 Å². The summed E-state index contributed by atoms with van der Waals surface area (Å²) in [5.74, 6) is 0.244. The molecule has 0 fully saturated rings. The number of carbonyl (C=O) groups is 2. The Morgan fingerprint density at radius 3 is 3.04 bits per heavy atom. The Bertz CT molecular complexity index is 1000. The summed E-state index contributed by atoms with van der Waals surface area (Å²) < 4.78 is 6.15. The lowest BCUT2D eigenvalue weighted by atomic mass is 10.1. The van der Waals surface area contributed by atoms with Crippen molar-refractivity contribution in [1.29, 1.82) is 0 Å². The third-order valence-corrected chi connectivity index (χ3v) is 4.52. The van der Waals surface area contributed by atoms with Crippen LogP contribution in [-0.2, 0) is 4.79 Å². The smallest absolute Gasteiger partial charge is 0.265 e. The quantitative estimate of drug-likeness (QED) is 0.677. The summed E-state index contributed by atoms with van der Waals surface area (Å²) in [5, 5.41) is 13.4. The van der Waals surface area contributed by atoms with Crippen LogP contribution in [0.3, 0.4) is 0 Å². The molecule has 0 spiro atoms. The fourth-order valence-electron chi connectivity index (χ4n) is 2.87. The van der Waals surface area contributed by atoms with Crippen molar-refractivity contribution < 1.29 is 14.3 Å². The largest absolute Gasteiger partial charge is 0.482 e. The molecule has 1 aliphatic rings. The zero-order valence-electron chi connectivity index (χ0n) is 13.5. The van der Waals surface area contributed by atoms with Gasteiger partial charge in [0.1, 0.15) is 16.8 Å². The summed E-state index contributed by atoms with van der Waals surface area (Å²) in [6, 6.07) is 10.8. The highest BCUT2D eigenvalue weighted by molar-refractivity contribution is 9.10. The van der Waals surface area contributed by atoms with Crippen molar-refractivity contribution in [3.8, 4) is 5.75 Å². The molecule has 0 atom stereocenters. The van der Waals surface area contributed by atoms with Gasteiger partial charge < -0.3 is 15.0 Å². The Labute approximate surface area is 156 Å². The van der Waals surface area contributed by atoms with Gasteiger partial charge in [0.15, 0.2) is 6.61 Å². The highest BCUT2D eigenvalue weighted by Gasteiger charge is 2.25. The van der Waals surface area contributed by atoms with Crippen LogP contribution in [0.2, 0.25) is 0 Å². The van der Waals surface area contributed by atoms with E-state index in [1.165, 1.54) is 0 Å². The minimum Gasteiger partial charge on any atom is -0.482 e. The zero-order chi connectivity index (χ0) is 18.1. The van der Waals surface area contributed by atoms with Crippen LogP contribution < -0.4 is 15.0 Å². The maximum absolute atomic E-state index is 12.5. The normalized spacial score (nSPS) is 13.4. The molecule has 2 N–H and O–H groups in total. The van der Waals surface area contributed by atoms with Crippen LogP contribution >= 0.6 is 15.9 Å². The molecule has 2 amide bonds. The summed E-state index contributed by atoms with van der Waals surface area (Å²) in [6.45, 7) is 0.641. The van der Waals surface area contributed by atoms with Crippen molar-refractivity contribution in [2.45, 2.75) is 0 Å². The first-order valence-corrected chi connectivity index (χ1v) is 8.73. The Kier molecular flexibility index (Phi) is 4.29. The first-order chi connectivity index (χ1) is 12.6. The lowest BCUT2D eigenvalue weighted by Gasteiger charge is -2.29. The predicted molar refractivity (Wildman–Crippen MR) is 98.2 cm³/mol. The minimum absolute atomic E-state index is 0.00382. The average Bonchev–Trinajstić information content (AvgIpc) is 3.11. The van der Waals surface area contributed by atoms with Gasteiger partial charge in [-0.05, 0) is 24.3 Å². The molecule has 0 bridgehead atoms. The van der Waals surface area contributed by atoms with E-state index in [2.05, 4.69) is 36.7 Å². The molecule has 132 valence electrons. The van der Waals surface area contributed by atoms with Crippen molar-refractivity contribution in [2.75, 3.05) is 24.6 Å². The number of hydrogen-bond donors (Lipinski definition) is 2. The number of anilines is 1. The summed E-state index contributed by atoms with van der Waals surface area (Å²) in [7, 11) is 0. The lowest BCUT2D eigenvalue weighted by Crippen LogP contribution is -2.43. The van der Waals surface area contributed by atoms with Gasteiger partial charge in [-0.1, -0.05) is 28.1 Å². The van der Waals surface area contributed by atoms with Crippen molar-refractivity contribution in [3.05, 3.63) is 46.4 Å². The molecule has 2 heterocycles. The second kappa shape index (κ2) is 6.75. The number of halogens is 1. The average molecular weight is 416 g/mol. The summed E-state index contributed by atoms with van der Waals surface area (Å²) in [6.07, 6.45) is 0. The molecule has 4 rings (SSSR count). The highest BCUT2D eigenvalue weighted by atomic mass is 79.9. The van der Waals surface area contributed by atoms with E-state index in [1.807, 2.05) is 24.3 Å². The Hall–Kier alpha value is -2.94. The first kappa shape index (κ1) is 16.5. The van der Waals surface area contributed by atoms with Gasteiger partial charge in [-0.15, -0.1) is 0 Å².